The molecule has 0 saturated heterocycles. The molecule has 2 atom stereocenters. The average molecular weight is 235 g/mol. The maximum absolute atomic E-state index is 3.72. The lowest BCUT2D eigenvalue weighted by Gasteiger charge is -2.28. The Balaban J connectivity index is 1.84. The predicted octanol–water partition coefficient (Wildman–Crippen LogP) is 4.19. The third-order valence-corrected chi connectivity index (χ3v) is 4.43. The maximum Gasteiger partial charge on any atom is 0.0586 e. The summed E-state index contributed by atoms with van der Waals surface area (Å²) in [6, 6.07) is 16.2. The van der Waals surface area contributed by atoms with E-state index in [1.165, 1.54) is 40.8 Å². The van der Waals surface area contributed by atoms with Gasteiger partial charge in [-0.3, -0.25) is 0 Å². The van der Waals surface area contributed by atoms with Gasteiger partial charge >= 0.3 is 0 Å². The molecule has 1 N–H and O–H groups in total. The summed E-state index contributed by atoms with van der Waals surface area (Å²) < 4.78 is 0. The molecule has 0 bridgehead atoms. The minimum Gasteiger partial charge on any atom is -0.377 e. The fourth-order valence-corrected chi connectivity index (χ4v) is 3.56. The Bertz CT molecular complexity index is 615. The van der Waals surface area contributed by atoms with Gasteiger partial charge in [0.2, 0.25) is 0 Å². The van der Waals surface area contributed by atoms with Gasteiger partial charge in [0.25, 0.3) is 0 Å². The molecule has 1 heterocycles. The van der Waals surface area contributed by atoms with Crippen LogP contribution in [0.15, 0.2) is 42.5 Å². The first-order valence-electron chi connectivity index (χ1n) is 6.78. The Morgan fingerprint density at radius 1 is 1.06 bits per heavy atom. The van der Waals surface area contributed by atoms with E-state index < -0.39 is 0 Å². The molecule has 90 valence electrons. The van der Waals surface area contributed by atoms with Crippen molar-refractivity contribution >= 4 is 5.69 Å². The van der Waals surface area contributed by atoms with E-state index in [4.69, 9.17) is 0 Å². The SMILES string of the molecule is Cc1ccc2c(c1)C1CCc3ccccc3C1N2. The first kappa shape index (κ1) is 10.2. The Morgan fingerprint density at radius 2 is 1.94 bits per heavy atom. The van der Waals surface area contributed by atoms with E-state index in [-0.39, 0.29) is 0 Å². The molecular formula is C17H17N. The molecule has 2 unspecified atom stereocenters. The molecule has 18 heavy (non-hydrogen) atoms. The third-order valence-electron chi connectivity index (χ3n) is 4.43. The minimum absolute atomic E-state index is 0.492. The standard InChI is InChI=1S/C17H17N/c1-11-6-9-16-15(10-11)14-8-7-12-4-2-3-5-13(12)17(14)18-16/h2-6,9-10,14,17-18H,7-8H2,1H3. The van der Waals surface area contributed by atoms with Crippen molar-refractivity contribution in [1.29, 1.82) is 0 Å². The largest absolute Gasteiger partial charge is 0.377 e. The fraction of sp³-hybridized carbons (Fsp3) is 0.294. The summed E-state index contributed by atoms with van der Waals surface area (Å²) in [5.41, 5.74) is 7.26. The van der Waals surface area contributed by atoms with Crippen LogP contribution in [0.25, 0.3) is 0 Å². The van der Waals surface area contributed by atoms with E-state index in [1.807, 2.05) is 0 Å². The van der Waals surface area contributed by atoms with E-state index in [9.17, 15) is 0 Å². The average Bonchev–Trinajstić information content (AvgIpc) is 2.77. The summed E-state index contributed by atoms with van der Waals surface area (Å²) in [4.78, 5) is 0. The lowest BCUT2D eigenvalue weighted by Crippen LogP contribution is -2.19. The molecule has 1 nitrogen and oxygen atoms in total. The molecule has 2 aromatic rings. The summed E-state index contributed by atoms with van der Waals surface area (Å²) in [6.45, 7) is 2.18. The van der Waals surface area contributed by atoms with Gasteiger partial charge in [-0.15, -0.1) is 0 Å². The van der Waals surface area contributed by atoms with Crippen molar-refractivity contribution in [2.45, 2.75) is 31.7 Å². The molecule has 2 aromatic carbocycles. The zero-order valence-electron chi connectivity index (χ0n) is 10.6. The highest BCUT2D eigenvalue weighted by Gasteiger charge is 2.36. The molecule has 0 spiro atoms. The van der Waals surface area contributed by atoms with E-state index >= 15 is 0 Å². The summed E-state index contributed by atoms with van der Waals surface area (Å²) in [5.74, 6) is 0.662. The van der Waals surface area contributed by atoms with Crippen molar-refractivity contribution < 1.29 is 0 Å². The van der Waals surface area contributed by atoms with Gasteiger partial charge in [0.15, 0.2) is 0 Å². The number of anilines is 1. The van der Waals surface area contributed by atoms with Gasteiger partial charge in [-0.1, -0.05) is 42.0 Å². The van der Waals surface area contributed by atoms with Gasteiger partial charge in [0.1, 0.15) is 0 Å². The third kappa shape index (κ3) is 1.34. The number of hydrogen-bond donors (Lipinski definition) is 1. The molecular weight excluding hydrogens is 218 g/mol. The van der Waals surface area contributed by atoms with Gasteiger partial charge in [0.05, 0.1) is 6.04 Å². The van der Waals surface area contributed by atoms with Crippen LogP contribution in [0.2, 0.25) is 0 Å². The molecule has 2 aliphatic rings. The van der Waals surface area contributed by atoms with Crippen LogP contribution in [0.1, 0.15) is 40.6 Å². The number of nitrogens with one attached hydrogen (secondary N) is 1. The second-order valence-corrected chi connectivity index (χ2v) is 5.56. The maximum atomic E-state index is 3.72. The van der Waals surface area contributed by atoms with E-state index in [1.54, 1.807) is 0 Å². The molecule has 4 rings (SSSR count). The summed E-state index contributed by atoms with van der Waals surface area (Å²) in [5, 5.41) is 3.72. The van der Waals surface area contributed by atoms with Crippen molar-refractivity contribution in [3.63, 3.8) is 0 Å². The van der Waals surface area contributed by atoms with Gasteiger partial charge in [-0.2, -0.15) is 0 Å². The smallest absolute Gasteiger partial charge is 0.0586 e. The van der Waals surface area contributed by atoms with Gasteiger partial charge in [-0.05, 0) is 42.5 Å². The van der Waals surface area contributed by atoms with Crippen LogP contribution < -0.4 is 5.32 Å². The Hall–Kier alpha value is -1.76. The quantitative estimate of drug-likeness (QED) is 0.722. The van der Waals surface area contributed by atoms with Gasteiger partial charge in [-0.25, -0.2) is 0 Å². The molecule has 0 amide bonds. The highest BCUT2D eigenvalue weighted by atomic mass is 15.0. The highest BCUT2D eigenvalue weighted by Crippen LogP contribution is 2.50. The summed E-state index contributed by atoms with van der Waals surface area (Å²) in [6.07, 6.45) is 2.48. The van der Waals surface area contributed by atoms with Crippen molar-refractivity contribution in [2.75, 3.05) is 5.32 Å². The zero-order valence-corrected chi connectivity index (χ0v) is 10.6. The van der Waals surface area contributed by atoms with E-state index in [0.29, 0.717) is 12.0 Å². The Morgan fingerprint density at radius 3 is 2.89 bits per heavy atom. The Kier molecular flexibility index (Phi) is 2.05. The van der Waals surface area contributed by atoms with Crippen molar-refractivity contribution in [1.82, 2.24) is 0 Å². The van der Waals surface area contributed by atoms with Crippen molar-refractivity contribution in [2.24, 2.45) is 0 Å². The number of rotatable bonds is 0. The zero-order chi connectivity index (χ0) is 12.1. The molecule has 1 aliphatic carbocycles. The molecule has 1 heteroatoms. The van der Waals surface area contributed by atoms with Crippen LogP contribution in [0.3, 0.4) is 0 Å². The first-order chi connectivity index (χ1) is 8.83. The highest BCUT2D eigenvalue weighted by molar-refractivity contribution is 5.63. The lowest BCUT2D eigenvalue weighted by atomic mass is 9.78. The van der Waals surface area contributed by atoms with Crippen LogP contribution in [-0.2, 0) is 6.42 Å². The lowest BCUT2D eigenvalue weighted by molar-refractivity contribution is 0.536. The second kappa shape index (κ2) is 3.61. The topological polar surface area (TPSA) is 12.0 Å². The van der Waals surface area contributed by atoms with E-state index in [2.05, 4.69) is 54.7 Å². The minimum atomic E-state index is 0.492. The van der Waals surface area contributed by atoms with Crippen molar-refractivity contribution in [3.8, 4) is 0 Å². The monoisotopic (exact) mass is 235 g/mol. The number of aryl methyl sites for hydroxylation is 2. The summed E-state index contributed by atoms with van der Waals surface area (Å²) >= 11 is 0. The second-order valence-electron chi connectivity index (χ2n) is 5.56. The number of fused-ring (bicyclic) bond motifs is 5. The molecule has 0 saturated carbocycles. The van der Waals surface area contributed by atoms with Gasteiger partial charge in [0, 0.05) is 11.6 Å². The van der Waals surface area contributed by atoms with Crippen LogP contribution in [-0.4, -0.2) is 0 Å². The molecule has 0 fully saturated rings. The van der Waals surface area contributed by atoms with Crippen LogP contribution in [0.5, 0.6) is 0 Å². The predicted molar refractivity (Wildman–Crippen MR) is 75.0 cm³/mol. The fourth-order valence-electron chi connectivity index (χ4n) is 3.56. The molecule has 0 radical (unpaired) electrons. The van der Waals surface area contributed by atoms with Gasteiger partial charge < -0.3 is 5.32 Å². The van der Waals surface area contributed by atoms with Crippen molar-refractivity contribution in [3.05, 3.63) is 64.7 Å². The Labute approximate surface area is 108 Å². The van der Waals surface area contributed by atoms with Crippen LogP contribution in [0, 0.1) is 6.92 Å². The van der Waals surface area contributed by atoms with E-state index in [0.717, 1.165) is 0 Å². The molecule has 0 aromatic heterocycles. The number of benzene rings is 2. The van der Waals surface area contributed by atoms with Crippen LogP contribution in [0.4, 0.5) is 5.69 Å². The number of hydrogen-bond acceptors (Lipinski definition) is 1. The normalized spacial score (nSPS) is 23.8. The molecule has 1 aliphatic heterocycles. The first-order valence-corrected chi connectivity index (χ1v) is 6.78. The van der Waals surface area contributed by atoms with Crippen LogP contribution >= 0.6 is 0 Å². The summed E-state index contributed by atoms with van der Waals surface area (Å²) in [7, 11) is 0.